The van der Waals surface area contributed by atoms with Crippen LogP contribution in [0.4, 0.5) is 85.3 Å². The zero-order valence-electron chi connectivity index (χ0n) is 58.4. The average Bonchev–Trinajstić information content (AvgIpc) is 0.748. The molecule has 5 nitrogen and oxygen atoms in total. The molecule has 0 aliphatic carbocycles. The molecule has 4 heterocycles. The lowest BCUT2D eigenvalue weighted by atomic mass is 9.30. The van der Waals surface area contributed by atoms with Gasteiger partial charge in [0.05, 0.1) is 5.69 Å². The third-order valence-corrected chi connectivity index (χ3v) is 22.9. The van der Waals surface area contributed by atoms with Crippen molar-refractivity contribution in [2.75, 3.05) is 24.5 Å². The number of nitrogens with zero attached hydrogens (tertiary/aromatic N) is 5. The molecule has 0 bridgehead atoms. The molecule has 0 fully saturated rings. The first kappa shape index (κ1) is 60.7. The molecule has 0 atom stereocenters. The summed E-state index contributed by atoms with van der Waals surface area (Å²) in [6.45, 7) is -0.372. The summed E-state index contributed by atoms with van der Waals surface area (Å²) in [4.78, 5) is 12.7. The summed E-state index contributed by atoms with van der Waals surface area (Å²) in [7, 11) is 0. The molecule has 107 heavy (non-hydrogen) atoms. The molecule has 22 rings (SSSR count). The van der Waals surface area contributed by atoms with E-state index in [2.05, 4.69) is 419 Å². The maximum absolute atomic E-state index is 2.65. The fourth-order valence-electron chi connectivity index (χ4n) is 18.7. The molecule has 0 N–H and O–H groups in total. The second-order valence-corrected chi connectivity index (χ2v) is 28.5. The Bertz CT molecular complexity index is 6450. The Labute approximate surface area is 622 Å². The molecule has 0 unspecified atom stereocenters. The third-order valence-electron chi connectivity index (χ3n) is 22.9. The van der Waals surface area contributed by atoms with Gasteiger partial charge in [-0.25, -0.2) is 0 Å². The van der Waals surface area contributed by atoms with Crippen molar-refractivity contribution in [3.05, 3.63) is 394 Å². The van der Waals surface area contributed by atoms with Crippen LogP contribution in [0, 0.1) is 0 Å². The summed E-state index contributed by atoms with van der Waals surface area (Å²) >= 11 is 0. The average molecular weight is 1360 g/mol. The molecule has 4 aliphatic rings. The van der Waals surface area contributed by atoms with E-state index in [9.17, 15) is 0 Å². The minimum absolute atomic E-state index is 0.178. The standard InChI is InChI=1S/C100H65B2N5/c1-8-34-66(35-9-1)95-75-48-22-26-52-79(75)97(80-53-27-23-49-76(80)95)98-81-54-28-24-50-77(81)96(78-51-25-29-55-82(78)98)67-60-91-99-92(61-67)106(72-44-18-6-19-45-72)89-65-90-86(64-85(89)101(99)83-56-30-32-58-87(83)104(91)70-40-14-4-15-41-70)102-84-57-31-33-59-88(84)105(71-42-16-5-17-43-71)93-62-74(63-94(100(93)102)107(90)73-46-20-7-21-47-73)103(68-36-10-2-11-37-68)69-38-12-3-13-39-69/h1-65H. The molecule has 18 aromatic carbocycles. The molecule has 7 heteroatoms. The Balaban J connectivity index is 0.844. The van der Waals surface area contributed by atoms with E-state index in [-0.39, 0.29) is 13.4 Å². The van der Waals surface area contributed by atoms with E-state index >= 15 is 0 Å². The van der Waals surface area contributed by atoms with Gasteiger partial charge in [-0.1, -0.05) is 279 Å². The maximum Gasteiger partial charge on any atom is 0.252 e. The Morgan fingerprint density at radius 2 is 0.449 bits per heavy atom. The third kappa shape index (κ3) is 9.27. The minimum Gasteiger partial charge on any atom is -0.311 e. The fourth-order valence-corrected chi connectivity index (χ4v) is 18.7. The largest absolute Gasteiger partial charge is 0.311 e. The Morgan fingerprint density at radius 3 is 0.804 bits per heavy atom. The van der Waals surface area contributed by atoms with E-state index in [1.165, 1.54) is 104 Å². The summed E-state index contributed by atoms with van der Waals surface area (Å²) in [6.07, 6.45) is 0. The Hall–Kier alpha value is -13.9. The van der Waals surface area contributed by atoms with Crippen LogP contribution in [0.1, 0.15) is 0 Å². The van der Waals surface area contributed by atoms with E-state index in [1.54, 1.807) is 0 Å². The first-order chi connectivity index (χ1) is 53.2. The van der Waals surface area contributed by atoms with Gasteiger partial charge < -0.3 is 24.5 Å². The van der Waals surface area contributed by atoms with Gasteiger partial charge in [0, 0.05) is 79.6 Å². The van der Waals surface area contributed by atoms with Crippen molar-refractivity contribution < 1.29 is 0 Å². The van der Waals surface area contributed by atoms with Crippen molar-refractivity contribution in [3.63, 3.8) is 0 Å². The van der Waals surface area contributed by atoms with Gasteiger partial charge in [-0.05, 0) is 225 Å². The van der Waals surface area contributed by atoms with Gasteiger partial charge in [0.15, 0.2) is 0 Å². The van der Waals surface area contributed by atoms with Crippen LogP contribution in [0.5, 0.6) is 0 Å². The van der Waals surface area contributed by atoms with Crippen LogP contribution in [-0.2, 0) is 0 Å². The molecule has 0 saturated heterocycles. The minimum atomic E-state index is -0.194. The quantitative estimate of drug-likeness (QED) is 0.0999. The summed E-state index contributed by atoms with van der Waals surface area (Å²) < 4.78 is 0. The highest BCUT2D eigenvalue weighted by Gasteiger charge is 2.49. The van der Waals surface area contributed by atoms with Gasteiger partial charge >= 0.3 is 0 Å². The van der Waals surface area contributed by atoms with Crippen molar-refractivity contribution >= 4 is 175 Å². The lowest BCUT2D eigenvalue weighted by Crippen LogP contribution is -2.65. The van der Waals surface area contributed by atoms with E-state index < -0.39 is 0 Å². The highest BCUT2D eigenvalue weighted by atomic mass is 15.2. The van der Waals surface area contributed by atoms with Gasteiger partial charge in [-0.3, -0.25) is 0 Å². The number of fused-ring (bicyclic) bond motifs is 12. The highest BCUT2D eigenvalue weighted by Crippen LogP contribution is 2.55. The van der Waals surface area contributed by atoms with E-state index in [0.717, 1.165) is 90.9 Å². The molecular weight excluding hydrogens is 1290 g/mol. The van der Waals surface area contributed by atoms with E-state index in [4.69, 9.17) is 0 Å². The van der Waals surface area contributed by atoms with E-state index in [1.807, 2.05) is 0 Å². The number of hydrogen-bond donors (Lipinski definition) is 0. The summed E-state index contributed by atoms with van der Waals surface area (Å²) in [6, 6.07) is 147. The predicted octanol–water partition coefficient (Wildman–Crippen LogP) is 22.9. The molecule has 0 amide bonds. The number of rotatable bonds is 10. The van der Waals surface area contributed by atoms with Crippen LogP contribution >= 0.6 is 0 Å². The molecule has 0 aromatic heterocycles. The van der Waals surface area contributed by atoms with Crippen LogP contribution in [0.3, 0.4) is 0 Å². The van der Waals surface area contributed by atoms with Crippen molar-refractivity contribution in [2.24, 2.45) is 0 Å². The second kappa shape index (κ2) is 24.4. The van der Waals surface area contributed by atoms with Gasteiger partial charge in [0.2, 0.25) is 0 Å². The van der Waals surface area contributed by atoms with Crippen LogP contribution < -0.4 is 57.3 Å². The zero-order chi connectivity index (χ0) is 70.2. The van der Waals surface area contributed by atoms with Gasteiger partial charge in [0.1, 0.15) is 0 Å². The summed E-state index contributed by atoms with van der Waals surface area (Å²) in [5.74, 6) is 0. The van der Waals surface area contributed by atoms with Crippen molar-refractivity contribution in [1.82, 2.24) is 0 Å². The zero-order valence-corrected chi connectivity index (χ0v) is 58.4. The molecule has 4 aliphatic heterocycles. The smallest absolute Gasteiger partial charge is 0.252 e. The first-order valence-electron chi connectivity index (χ1n) is 37.1. The number of hydrogen-bond acceptors (Lipinski definition) is 5. The fraction of sp³-hybridized carbons (Fsp3) is 0. The number of para-hydroxylation sites is 8. The van der Waals surface area contributed by atoms with Crippen molar-refractivity contribution in [1.29, 1.82) is 0 Å². The molecule has 496 valence electrons. The van der Waals surface area contributed by atoms with Crippen LogP contribution in [0.15, 0.2) is 394 Å². The van der Waals surface area contributed by atoms with Gasteiger partial charge in [0.25, 0.3) is 13.4 Å². The summed E-state index contributed by atoms with van der Waals surface area (Å²) in [5.41, 5.74) is 31.5. The lowest BCUT2D eigenvalue weighted by molar-refractivity contribution is 1.22. The van der Waals surface area contributed by atoms with Crippen LogP contribution in [0.25, 0.3) is 76.5 Å². The SMILES string of the molecule is c1ccc(-c2c3ccccc3c(-c3c4ccccc4c(-c4cc5c6c(c4)N(c4ccccc4)c4cc7c(cc4B6c4ccccc4N5c4ccccc4)B4c5ccccc5N(c5ccccc5)c5cc(N(c6ccccc6)c6ccccc6)cc(c54)N7c4ccccc4)c4ccccc34)c3ccccc23)cc1. The van der Waals surface area contributed by atoms with Crippen LogP contribution in [0.2, 0.25) is 0 Å². The number of anilines is 15. The van der Waals surface area contributed by atoms with E-state index in [0.29, 0.717) is 0 Å². The Kier molecular flexibility index (Phi) is 13.8. The highest BCUT2D eigenvalue weighted by molar-refractivity contribution is 7.03. The lowest BCUT2D eigenvalue weighted by Gasteiger charge is -2.47. The van der Waals surface area contributed by atoms with Crippen molar-refractivity contribution in [2.45, 2.75) is 0 Å². The normalized spacial score (nSPS) is 12.9. The summed E-state index contributed by atoms with van der Waals surface area (Å²) in [5, 5.41) is 9.72. The van der Waals surface area contributed by atoms with Crippen molar-refractivity contribution in [3.8, 4) is 33.4 Å². The molecule has 0 spiro atoms. The molecule has 0 saturated carbocycles. The molecule has 18 aromatic rings. The van der Waals surface area contributed by atoms with Gasteiger partial charge in [-0.15, -0.1) is 0 Å². The van der Waals surface area contributed by atoms with Crippen LogP contribution in [-0.4, -0.2) is 13.4 Å². The first-order valence-corrected chi connectivity index (χ1v) is 37.1. The number of benzene rings is 18. The topological polar surface area (TPSA) is 16.2 Å². The monoisotopic (exact) mass is 1360 g/mol. The second-order valence-electron chi connectivity index (χ2n) is 28.5. The Morgan fingerprint density at radius 1 is 0.178 bits per heavy atom. The molecule has 0 radical (unpaired) electrons. The predicted molar refractivity (Wildman–Crippen MR) is 456 cm³/mol. The maximum atomic E-state index is 2.65. The molecular formula is C100H65B2N5. The van der Waals surface area contributed by atoms with Gasteiger partial charge in [-0.2, -0.15) is 0 Å².